The molecule has 2 aromatic heterocycles. The van der Waals surface area contributed by atoms with Crippen molar-refractivity contribution in [1.82, 2.24) is 14.9 Å². The number of nitrogens with zero attached hydrogens (tertiary/aromatic N) is 2. The fourth-order valence-corrected chi connectivity index (χ4v) is 4.81. The molecule has 0 radical (unpaired) electrons. The lowest BCUT2D eigenvalue weighted by molar-refractivity contribution is 0.0880. The van der Waals surface area contributed by atoms with Crippen LogP contribution in [0.2, 0.25) is 0 Å². The summed E-state index contributed by atoms with van der Waals surface area (Å²) in [4.78, 5) is 30.2. The number of hydrogen-bond donors (Lipinski definition) is 2. The maximum Gasteiger partial charge on any atom is 0.259 e. The Bertz CT molecular complexity index is 1550. The van der Waals surface area contributed by atoms with Crippen molar-refractivity contribution in [2.75, 3.05) is 6.61 Å². The molecular formula is C24H17N3O3. The molecule has 0 bridgehead atoms. The van der Waals surface area contributed by atoms with Gasteiger partial charge in [-0.3, -0.25) is 19.9 Å². The highest BCUT2D eigenvalue weighted by atomic mass is 16.3. The van der Waals surface area contributed by atoms with Crippen molar-refractivity contribution >= 4 is 55.3 Å². The van der Waals surface area contributed by atoms with Crippen LogP contribution in [-0.2, 0) is 6.54 Å². The summed E-state index contributed by atoms with van der Waals surface area (Å²) in [7, 11) is 0. The Hall–Kier alpha value is -3.77. The molecule has 0 spiro atoms. The number of pyridine rings is 1. The summed E-state index contributed by atoms with van der Waals surface area (Å²) in [6.07, 6.45) is 2.28. The Morgan fingerprint density at radius 1 is 0.867 bits per heavy atom. The molecule has 0 fully saturated rings. The molecule has 0 aliphatic carbocycles. The number of nitrogens with one attached hydrogen (secondary N) is 1. The monoisotopic (exact) mass is 395 g/mol. The fraction of sp³-hybridized carbons (Fsp3) is 0.125. The van der Waals surface area contributed by atoms with E-state index in [0.717, 1.165) is 38.1 Å². The minimum absolute atomic E-state index is 0.0676. The quantitative estimate of drug-likeness (QED) is 0.360. The average molecular weight is 395 g/mol. The number of fused-ring (bicyclic) bond motifs is 10. The lowest BCUT2D eigenvalue weighted by Crippen LogP contribution is -2.20. The van der Waals surface area contributed by atoms with E-state index in [-0.39, 0.29) is 18.4 Å². The molecule has 1 aliphatic heterocycles. The van der Waals surface area contributed by atoms with Crippen molar-refractivity contribution < 1.29 is 14.7 Å². The van der Waals surface area contributed by atoms with E-state index >= 15 is 0 Å². The zero-order valence-corrected chi connectivity index (χ0v) is 16.0. The van der Waals surface area contributed by atoms with Crippen molar-refractivity contribution in [3.05, 3.63) is 65.9 Å². The molecule has 0 atom stereocenters. The van der Waals surface area contributed by atoms with Gasteiger partial charge in [-0.1, -0.05) is 36.4 Å². The number of aliphatic hydroxyl groups is 1. The number of benzene rings is 3. The van der Waals surface area contributed by atoms with E-state index < -0.39 is 0 Å². The summed E-state index contributed by atoms with van der Waals surface area (Å²) in [5.41, 5.74) is 3.52. The molecule has 3 aromatic carbocycles. The van der Waals surface area contributed by atoms with Gasteiger partial charge in [-0.2, -0.15) is 0 Å². The van der Waals surface area contributed by atoms with Crippen LogP contribution in [0.5, 0.6) is 0 Å². The lowest BCUT2D eigenvalue weighted by atomic mass is 9.94. The molecular weight excluding hydrogens is 378 g/mol. The number of hydrogen-bond acceptors (Lipinski definition) is 4. The zero-order chi connectivity index (χ0) is 20.4. The Morgan fingerprint density at radius 2 is 1.60 bits per heavy atom. The normalized spacial score (nSPS) is 13.6. The summed E-state index contributed by atoms with van der Waals surface area (Å²) in [5, 5.41) is 16.2. The molecule has 2 N–H and O–H groups in total. The van der Waals surface area contributed by atoms with E-state index in [4.69, 9.17) is 0 Å². The summed E-state index contributed by atoms with van der Waals surface area (Å²) >= 11 is 0. The minimum atomic E-state index is -0.383. The molecule has 0 saturated heterocycles. The molecule has 146 valence electrons. The number of amides is 2. The average Bonchev–Trinajstić information content (AvgIpc) is 3.25. The van der Waals surface area contributed by atoms with E-state index in [9.17, 15) is 14.7 Å². The van der Waals surface area contributed by atoms with Gasteiger partial charge in [0.05, 0.1) is 22.2 Å². The van der Waals surface area contributed by atoms with Gasteiger partial charge in [0.15, 0.2) is 0 Å². The Morgan fingerprint density at radius 3 is 2.43 bits per heavy atom. The third-order valence-corrected chi connectivity index (χ3v) is 5.97. The number of carbonyl (C=O) groups excluding carboxylic acids is 2. The second-order valence-electron chi connectivity index (χ2n) is 7.57. The molecule has 0 saturated carbocycles. The van der Waals surface area contributed by atoms with Gasteiger partial charge in [0, 0.05) is 51.8 Å². The Kier molecular flexibility index (Phi) is 3.49. The van der Waals surface area contributed by atoms with Crippen molar-refractivity contribution in [2.45, 2.75) is 13.0 Å². The first-order valence-corrected chi connectivity index (χ1v) is 9.91. The van der Waals surface area contributed by atoms with E-state index in [2.05, 4.69) is 14.9 Å². The van der Waals surface area contributed by atoms with E-state index in [0.29, 0.717) is 29.5 Å². The SMILES string of the molecule is O=C1NC(=O)c2c1c1cnc3ccccc3c1c1c2c2ccccc2n1CCCO. The van der Waals surface area contributed by atoms with Crippen LogP contribution in [0.15, 0.2) is 54.7 Å². The maximum atomic E-state index is 12.9. The molecule has 5 aromatic rings. The molecule has 6 rings (SSSR count). The summed E-state index contributed by atoms with van der Waals surface area (Å²) in [6, 6.07) is 15.7. The van der Waals surface area contributed by atoms with E-state index in [1.165, 1.54) is 0 Å². The second-order valence-corrected chi connectivity index (χ2v) is 7.57. The molecule has 2 amide bonds. The number of carbonyl (C=O) groups is 2. The third-order valence-electron chi connectivity index (χ3n) is 5.97. The predicted octanol–water partition coefficient (Wildman–Crippen LogP) is 3.76. The first-order valence-electron chi connectivity index (χ1n) is 9.91. The zero-order valence-electron chi connectivity index (χ0n) is 16.0. The standard InChI is InChI=1S/C24H17N3O3/c28-11-5-10-27-17-9-4-2-7-14(17)19-21-20(23(29)26-24(21)30)15-12-25-16-8-3-1-6-13(16)18(15)22(19)27/h1-4,6-9,12,28H,5,10-11H2,(H,26,29,30). The summed E-state index contributed by atoms with van der Waals surface area (Å²) in [5.74, 6) is -0.758. The van der Waals surface area contributed by atoms with Crippen LogP contribution in [0.3, 0.4) is 0 Å². The molecule has 30 heavy (non-hydrogen) atoms. The van der Waals surface area contributed by atoms with Crippen molar-refractivity contribution in [2.24, 2.45) is 0 Å². The highest BCUT2D eigenvalue weighted by Crippen LogP contribution is 2.43. The van der Waals surface area contributed by atoms with Gasteiger partial charge in [0.2, 0.25) is 0 Å². The molecule has 6 heteroatoms. The van der Waals surface area contributed by atoms with Gasteiger partial charge >= 0.3 is 0 Å². The number of para-hydroxylation sites is 2. The molecule has 0 unspecified atom stereocenters. The van der Waals surface area contributed by atoms with Crippen LogP contribution in [0.1, 0.15) is 27.1 Å². The predicted molar refractivity (Wildman–Crippen MR) is 116 cm³/mol. The summed E-state index contributed by atoms with van der Waals surface area (Å²) < 4.78 is 2.16. The number of rotatable bonds is 3. The van der Waals surface area contributed by atoms with Gasteiger partial charge < -0.3 is 9.67 Å². The summed E-state index contributed by atoms with van der Waals surface area (Å²) in [6.45, 7) is 0.665. The highest BCUT2D eigenvalue weighted by Gasteiger charge is 2.34. The first-order chi connectivity index (χ1) is 14.7. The van der Waals surface area contributed by atoms with Crippen LogP contribution < -0.4 is 5.32 Å². The van der Waals surface area contributed by atoms with Gasteiger partial charge in [0.1, 0.15) is 0 Å². The number of aliphatic hydroxyl groups excluding tert-OH is 1. The first kappa shape index (κ1) is 17.1. The smallest absolute Gasteiger partial charge is 0.259 e. The van der Waals surface area contributed by atoms with Crippen molar-refractivity contribution in [3.8, 4) is 0 Å². The van der Waals surface area contributed by atoms with Gasteiger partial charge in [0.25, 0.3) is 11.8 Å². The van der Waals surface area contributed by atoms with Crippen LogP contribution in [0.4, 0.5) is 0 Å². The van der Waals surface area contributed by atoms with Gasteiger partial charge in [-0.15, -0.1) is 0 Å². The van der Waals surface area contributed by atoms with E-state index in [1.807, 2.05) is 48.5 Å². The van der Waals surface area contributed by atoms with Crippen LogP contribution >= 0.6 is 0 Å². The van der Waals surface area contributed by atoms with Crippen LogP contribution in [0, 0.1) is 0 Å². The maximum absolute atomic E-state index is 12.9. The van der Waals surface area contributed by atoms with Gasteiger partial charge in [-0.05, 0) is 18.6 Å². The molecule has 1 aliphatic rings. The van der Waals surface area contributed by atoms with E-state index in [1.54, 1.807) is 6.20 Å². The number of aryl methyl sites for hydroxylation is 1. The largest absolute Gasteiger partial charge is 0.396 e. The number of imide groups is 1. The van der Waals surface area contributed by atoms with Crippen LogP contribution in [-0.4, -0.2) is 33.1 Å². The lowest BCUT2D eigenvalue weighted by Gasteiger charge is -2.13. The van der Waals surface area contributed by atoms with Crippen molar-refractivity contribution in [1.29, 1.82) is 0 Å². The highest BCUT2D eigenvalue weighted by molar-refractivity contribution is 6.39. The molecule has 6 nitrogen and oxygen atoms in total. The third kappa shape index (κ3) is 2.08. The minimum Gasteiger partial charge on any atom is -0.396 e. The topological polar surface area (TPSA) is 84.2 Å². The Labute approximate surface area is 170 Å². The van der Waals surface area contributed by atoms with Crippen molar-refractivity contribution in [3.63, 3.8) is 0 Å². The Balaban J connectivity index is 1.98. The number of aromatic nitrogens is 2. The van der Waals surface area contributed by atoms with Crippen LogP contribution in [0.25, 0.3) is 43.5 Å². The molecule has 3 heterocycles. The second kappa shape index (κ2) is 6.11. The van der Waals surface area contributed by atoms with Gasteiger partial charge in [-0.25, -0.2) is 0 Å². The fourth-order valence-electron chi connectivity index (χ4n) is 4.81.